The summed E-state index contributed by atoms with van der Waals surface area (Å²) in [5, 5.41) is 1.59. The van der Waals surface area contributed by atoms with Gasteiger partial charge in [-0.2, -0.15) is 0 Å². The van der Waals surface area contributed by atoms with E-state index in [0.717, 1.165) is 21.7 Å². The molecule has 0 spiro atoms. The molecule has 2 nitrogen and oxygen atoms in total. The summed E-state index contributed by atoms with van der Waals surface area (Å²) < 4.78 is 20.3. The monoisotopic (exact) mass is 492 g/mol. The lowest BCUT2D eigenvalue weighted by Crippen LogP contribution is -2.22. The number of rotatable bonds is 6. The van der Waals surface area contributed by atoms with E-state index in [1.165, 1.54) is 0 Å². The van der Waals surface area contributed by atoms with Gasteiger partial charge in [0.05, 0.1) is 3.74 Å². The minimum Gasteiger partial charge on any atom is -0.368 e. The van der Waals surface area contributed by atoms with E-state index in [2.05, 4.69) is 31.9 Å². The molecule has 1 atom stereocenters. The number of halogens is 2. The topological polar surface area (TPSA) is 26.3 Å². The van der Waals surface area contributed by atoms with Crippen LogP contribution in [0.2, 0.25) is 0 Å². The first-order valence-corrected chi connectivity index (χ1v) is 11.8. The summed E-state index contributed by atoms with van der Waals surface area (Å²) in [5.41, 5.74) is 1.99. The second kappa shape index (κ2) is 8.67. The van der Waals surface area contributed by atoms with E-state index in [0.29, 0.717) is 0 Å². The van der Waals surface area contributed by atoms with E-state index in [1.54, 1.807) is 7.11 Å². The van der Waals surface area contributed by atoms with Crippen LogP contribution in [0.5, 0.6) is 0 Å². The molecule has 0 fully saturated rings. The van der Waals surface area contributed by atoms with Gasteiger partial charge in [0.2, 0.25) is 0 Å². The van der Waals surface area contributed by atoms with Gasteiger partial charge in [-0.05, 0) is 11.1 Å². The number of ether oxygens (including phenoxy) is 1. The molecule has 0 saturated heterocycles. The Hall–Kier alpha value is -1.19. The molecule has 3 aromatic rings. The second-order valence-electron chi connectivity index (χ2n) is 5.88. The minimum absolute atomic E-state index is 0.0834. The molecule has 5 heteroatoms. The summed E-state index contributed by atoms with van der Waals surface area (Å²) in [6.07, 6.45) is 0. The van der Waals surface area contributed by atoms with Gasteiger partial charge in [0.25, 0.3) is 0 Å². The van der Waals surface area contributed by atoms with Crippen molar-refractivity contribution in [3.05, 3.63) is 96.1 Å². The molecule has 0 amide bonds. The third kappa shape index (κ3) is 3.89. The van der Waals surface area contributed by atoms with E-state index >= 15 is 0 Å². The van der Waals surface area contributed by atoms with Crippen molar-refractivity contribution in [3.63, 3.8) is 0 Å². The average molecular weight is 494 g/mol. The van der Waals surface area contributed by atoms with Crippen LogP contribution in [0, 0.1) is 0 Å². The first kappa shape index (κ1) is 19.6. The molecule has 134 valence electrons. The van der Waals surface area contributed by atoms with Crippen molar-refractivity contribution in [1.29, 1.82) is 0 Å². The van der Waals surface area contributed by atoms with Crippen LogP contribution < -0.4 is 10.6 Å². The van der Waals surface area contributed by atoms with Crippen LogP contribution in [0.1, 0.15) is 20.7 Å². The molecule has 0 aliphatic carbocycles. The predicted molar refractivity (Wildman–Crippen MR) is 117 cm³/mol. The molecule has 3 rings (SSSR count). The molecule has 26 heavy (non-hydrogen) atoms. The zero-order chi connectivity index (χ0) is 18.6. The Labute approximate surface area is 171 Å². The Morgan fingerprint density at radius 1 is 0.731 bits per heavy atom. The van der Waals surface area contributed by atoms with Crippen molar-refractivity contribution in [2.45, 2.75) is 9.58 Å². The first-order valence-electron chi connectivity index (χ1n) is 8.19. The van der Waals surface area contributed by atoms with Gasteiger partial charge in [-0.15, -0.1) is 0 Å². The van der Waals surface area contributed by atoms with Crippen molar-refractivity contribution >= 4 is 49.6 Å². The highest BCUT2D eigenvalue weighted by atomic mass is 79.9. The SMILES string of the molecule is COC(c1ccc(C(Br)Br)cc1)P(=O)(c1ccccc1)c1ccccc1. The van der Waals surface area contributed by atoms with Crippen molar-refractivity contribution in [3.8, 4) is 0 Å². The normalized spacial score (nSPS) is 12.9. The van der Waals surface area contributed by atoms with Gasteiger partial charge in [-0.1, -0.05) is 117 Å². The molecular weight excluding hydrogens is 475 g/mol. The minimum atomic E-state index is -3.04. The standard InChI is InChI=1S/C21H19Br2O2P/c1-25-21(17-14-12-16(13-15-17)20(22)23)26(24,18-8-4-2-5-9-18)19-10-6-3-7-11-19/h2-15,20-21H,1H3. The number of methoxy groups -OCH3 is 1. The van der Waals surface area contributed by atoms with Gasteiger partial charge in [-0.3, -0.25) is 0 Å². The number of alkyl halides is 2. The summed E-state index contributed by atoms with van der Waals surface area (Å²) in [4.78, 5) is 0. The molecule has 0 bridgehead atoms. The Balaban J connectivity index is 2.15. The van der Waals surface area contributed by atoms with E-state index in [4.69, 9.17) is 4.74 Å². The summed E-state index contributed by atoms with van der Waals surface area (Å²) >= 11 is 7.01. The van der Waals surface area contributed by atoms with Crippen molar-refractivity contribution in [2.75, 3.05) is 7.11 Å². The smallest absolute Gasteiger partial charge is 0.174 e. The van der Waals surface area contributed by atoms with Gasteiger partial charge in [0.1, 0.15) is 5.85 Å². The predicted octanol–water partition coefficient (Wildman–Crippen LogP) is 6.13. The average Bonchev–Trinajstić information content (AvgIpc) is 2.70. The van der Waals surface area contributed by atoms with Crippen LogP contribution in [0.15, 0.2) is 84.9 Å². The molecule has 0 saturated carbocycles. The van der Waals surface area contributed by atoms with E-state index in [-0.39, 0.29) is 3.74 Å². The molecular formula is C21H19Br2O2P. The summed E-state index contributed by atoms with van der Waals surface area (Å²) in [6, 6.07) is 27.2. The molecule has 0 radical (unpaired) electrons. The van der Waals surface area contributed by atoms with Crippen molar-refractivity contribution < 1.29 is 9.30 Å². The number of hydrogen-bond acceptors (Lipinski definition) is 2. The van der Waals surface area contributed by atoms with E-state index in [1.807, 2.05) is 84.9 Å². The van der Waals surface area contributed by atoms with Crippen LogP contribution in [0.3, 0.4) is 0 Å². The quantitative estimate of drug-likeness (QED) is 0.305. The Bertz CT molecular complexity index is 837. The van der Waals surface area contributed by atoms with Gasteiger partial charge in [0.15, 0.2) is 7.14 Å². The van der Waals surface area contributed by atoms with Crippen molar-refractivity contribution in [2.24, 2.45) is 0 Å². The largest absolute Gasteiger partial charge is 0.368 e. The van der Waals surface area contributed by atoms with Crippen LogP contribution in [-0.2, 0) is 9.30 Å². The van der Waals surface area contributed by atoms with Crippen LogP contribution in [0.4, 0.5) is 0 Å². The summed E-state index contributed by atoms with van der Waals surface area (Å²) in [5.74, 6) is -0.551. The molecule has 0 aromatic heterocycles. The van der Waals surface area contributed by atoms with Gasteiger partial charge in [-0.25, -0.2) is 0 Å². The fourth-order valence-corrected chi connectivity index (χ4v) is 6.59. The molecule has 0 N–H and O–H groups in total. The lowest BCUT2D eigenvalue weighted by Gasteiger charge is -2.28. The summed E-state index contributed by atoms with van der Waals surface area (Å²) in [7, 11) is -1.42. The number of hydrogen-bond donors (Lipinski definition) is 0. The highest BCUT2D eigenvalue weighted by Crippen LogP contribution is 2.57. The Morgan fingerprint density at radius 3 is 1.54 bits per heavy atom. The van der Waals surface area contributed by atoms with Gasteiger partial charge in [0, 0.05) is 17.7 Å². The maximum Gasteiger partial charge on any atom is 0.174 e. The third-order valence-corrected chi connectivity index (χ3v) is 8.66. The van der Waals surface area contributed by atoms with E-state index < -0.39 is 13.0 Å². The lowest BCUT2D eigenvalue weighted by molar-refractivity contribution is 0.166. The zero-order valence-corrected chi connectivity index (χ0v) is 18.3. The van der Waals surface area contributed by atoms with Crippen LogP contribution >= 0.6 is 39.0 Å². The number of benzene rings is 3. The highest BCUT2D eigenvalue weighted by molar-refractivity contribution is 9.24. The molecule has 1 unspecified atom stereocenters. The fraction of sp³-hybridized carbons (Fsp3) is 0.143. The lowest BCUT2D eigenvalue weighted by atomic mass is 10.2. The van der Waals surface area contributed by atoms with Gasteiger partial charge >= 0.3 is 0 Å². The van der Waals surface area contributed by atoms with Crippen molar-refractivity contribution in [1.82, 2.24) is 0 Å². The van der Waals surface area contributed by atoms with Crippen LogP contribution in [0.25, 0.3) is 0 Å². The fourth-order valence-electron chi connectivity index (χ4n) is 3.02. The highest BCUT2D eigenvalue weighted by Gasteiger charge is 2.38. The maximum absolute atomic E-state index is 14.4. The molecule has 0 heterocycles. The molecule has 0 aliphatic rings. The third-order valence-electron chi connectivity index (χ3n) is 4.31. The second-order valence-corrected chi connectivity index (χ2v) is 11.8. The maximum atomic E-state index is 14.4. The molecule has 0 aliphatic heterocycles. The van der Waals surface area contributed by atoms with Crippen LogP contribution in [-0.4, -0.2) is 7.11 Å². The molecule has 3 aromatic carbocycles. The first-order chi connectivity index (χ1) is 12.6. The zero-order valence-electron chi connectivity index (χ0n) is 14.3. The Kier molecular flexibility index (Phi) is 6.52. The Morgan fingerprint density at radius 2 is 1.15 bits per heavy atom. The van der Waals surface area contributed by atoms with E-state index in [9.17, 15) is 4.57 Å². The summed E-state index contributed by atoms with van der Waals surface area (Å²) in [6.45, 7) is 0. The van der Waals surface area contributed by atoms with Gasteiger partial charge < -0.3 is 9.30 Å².